The van der Waals surface area contributed by atoms with Gasteiger partial charge >= 0.3 is 5.97 Å². The number of hydrogen-bond donors (Lipinski definition) is 1. The molecule has 0 bridgehead atoms. The third-order valence-electron chi connectivity index (χ3n) is 2.56. The van der Waals surface area contributed by atoms with Crippen molar-refractivity contribution in [2.45, 2.75) is 45.1 Å². The molecule has 1 rings (SSSR count). The Labute approximate surface area is 113 Å². The van der Waals surface area contributed by atoms with Crippen molar-refractivity contribution >= 4 is 16.0 Å². The van der Waals surface area contributed by atoms with Crippen molar-refractivity contribution in [2.24, 2.45) is 5.14 Å². The lowest BCUT2D eigenvalue weighted by Gasteiger charge is -2.20. The molecule has 0 radical (unpaired) electrons. The second-order valence-electron chi connectivity index (χ2n) is 5.46. The molecule has 0 spiro atoms. The second kappa shape index (κ2) is 4.94. The predicted octanol–water partition coefficient (Wildman–Crippen LogP) is 1.91. The summed E-state index contributed by atoms with van der Waals surface area (Å²) in [7, 11) is -3.86. The molecule has 0 unspecified atom stereocenters. The van der Waals surface area contributed by atoms with E-state index in [4.69, 9.17) is 9.88 Å². The lowest BCUT2D eigenvalue weighted by Crippen LogP contribution is -2.24. The van der Waals surface area contributed by atoms with E-state index in [9.17, 15) is 13.2 Å². The molecular weight excluding hydrogens is 266 g/mol. The molecule has 6 heteroatoms. The topological polar surface area (TPSA) is 86.5 Å². The highest BCUT2D eigenvalue weighted by atomic mass is 32.2. The number of carbonyl (C=O) groups excluding carboxylic acids is 1. The van der Waals surface area contributed by atoms with Gasteiger partial charge < -0.3 is 4.74 Å². The Morgan fingerprint density at radius 2 is 1.74 bits per heavy atom. The van der Waals surface area contributed by atoms with Gasteiger partial charge in [0.05, 0.1) is 10.5 Å². The molecule has 0 aliphatic carbocycles. The normalized spacial score (nSPS) is 12.3. The minimum Gasteiger partial charge on any atom is -0.456 e. The number of benzene rings is 1. The predicted molar refractivity (Wildman–Crippen MR) is 72.5 cm³/mol. The van der Waals surface area contributed by atoms with Gasteiger partial charge in [0.15, 0.2) is 0 Å². The van der Waals surface area contributed by atoms with Crippen molar-refractivity contribution in [2.75, 3.05) is 0 Å². The summed E-state index contributed by atoms with van der Waals surface area (Å²) in [4.78, 5) is 11.9. The Morgan fingerprint density at radius 3 is 2.16 bits per heavy atom. The van der Waals surface area contributed by atoms with Gasteiger partial charge in [-0.05, 0) is 57.9 Å². The van der Waals surface area contributed by atoms with Crippen LogP contribution in [0.2, 0.25) is 0 Å². The van der Waals surface area contributed by atoms with Crippen molar-refractivity contribution in [3.05, 3.63) is 28.8 Å². The number of aryl methyl sites for hydroxylation is 1. The average molecular weight is 285 g/mol. The maximum Gasteiger partial charge on any atom is 0.338 e. The Bertz CT molecular complexity index is 612. The number of rotatable bonds is 2. The van der Waals surface area contributed by atoms with Crippen LogP contribution in [0.3, 0.4) is 0 Å². The third-order valence-corrected chi connectivity index (χ3v) is 3.60. The van der Waals surface area contributed by atoms with Crippen molar-refractivity contribution in [1.29, 1.82) is 0 Å². The smallest absolute Gasteiger partial charge is 0.338 e. The van der Waals surface area contributed by atoms with Crippen molar-refractivity contribution in [1.82, 2.24) is 0 Å². The summed E-state index contributed by atoms with van der Waals surface area (Å²) in [6.45, 7) is 8.59. The number of esters is 1. The first-order valence-electron chi connectivity index (χ1n) is 5.79. The molecule has 0 aromatic heterocycles. The Hall–Kier alpha value is -1.40. The van der Waals surface area contributed by atoms with Crippen LogP contribution in [0, 0.1) is 13.8 Å². The molecule has 0 aliphatic heterocycles. The molecule has 1 aromatic rings. The number of nitrogens with two attached hydrogens (primary N) is 1. The monoisotopic (exact) mass is 285 g/mol. The molecule has 0 aliphatic rings. The number of carbonyl (C=O) groups is 1. The molecule has 0 saturated carbocycles. The van der Waals surface area contributed by atoms with Crippen LogP contribution in [-0.2, 0) is 14.8 Å². The number of sulfonamides is 1. The lowest BCUT2D eigenvalue weighted by molar-refractivity contribution is 0.00691. The van der Waals surface area contributed by atoms with Crippen molar-refractivity contribution in [3.63, 3.8) is 0 Å². The second-order valence-corrected chi connectivity index (χ2v) is 6.99. The summed E-state index contributed by atoms with van der Waals surface area (Å²) in [5.41, 5.74) is 0.752. The summed E-state index contributed by atoms with van der Waals surface area (Å²) < 4.78 is 28.2. The Kier molecular flexibility index (Phi) is 4.07. The molecule has 0 heterocycles. The van der Waals surface area contributed by atoms with E-state index in [1.807, 2.05) is 0 Å². The van der Waals surface area contributed by atoms with Crippen LogP contribution in [-0.4, -0.2) is 20.0 Å². The van der Waals surface area contributed by atoms with Crippen LogP contribution in [0.4, 0.5) is 0 Å². The molecule has 19 heavy (non-hydrogen) atoms. The first kappa shape index (κ1) is 15.7. The zero-order chi connectivity index (χ0) is 15.0. The minimum absolute atomic E-state index is 0.0478. The molecule has 0 amide bonds. The van der Waals surface area contributed by atoms with Gasteiger partial charge in [0.1, 0.15) is 5.60 Å². The Balaban J connectivity index is 3.33. The zero-order valence-electron chi connectivity index (χ0n) is 11.8. The van der Waals surface area contributed by atoms with Gasteiger partial charge in [0.2, 0.25) is 10.0 Å². The SMILES string of the molecule is Cc1cc(C(=O)OC(C)(C)C)cc(S(N)(=O)=O)c1C. The first-order chi connectivity index (χ1) is 8.42. The van der Waals surface area contributed by atoms with E-state index in [2.05, 4.69) is 0 Å². The van der Waals surface area contributed by atoms with Gasteiger partial charge in [-0.25, -0.2) is 18.4 Å². The number of ether oxygens (including phenoxy) is 1. The van der Waals surface area contributed by atoms with Gasteiger partial charge in [0.25, 0.3) is 0 Å². The summed E-state index contributed by atoms with van der Waals surface area (Å²) in [6.07, 6.45) is 0. The van der Waals surface area contributed by atoms with E-state index in [1.54, 1.807) is 40.7 Å². The molecule has 106 valence electrons. The van der Waals surface area contributed by atoms with E-state index in [0.29, 0.717) is 11.1 Å². The average Bonchev–Trinajstić information content (AvgIpc) is 2.17. The first-order valence-corrected chi connectivity index (χ1v) is 7.34. The Morgan fingerprint density at radius 1 is 1.21 bits per heavy atom. The van der Waals surface area contributed by atoms with Crippen LogP contribution < -0.4 is 5.14 Å². The van der Waals surface area contributed by atoms with Gasteiger partial charge in [-0.3, -0.25) is 0 Å². The fourth-order valence-electron chi connectivity index (χ4n) is 1.58. The summed E-state index contributed by atoms with van der Waals surface area (Å²) in [5, 5.41) is 5.14. The molecule has 5 nitrogen and oxygen atoms in total. The molecule has 0 fully saturated rings. The summed E-state index contributed by atoms with van der Waals surface area (Å²) in [5.74, 6) is -0.569. The van der Waals surface area contributed by atoms with Gasteiger partial charge in [-0.15, -0.1) is 0 Å². The standard InChI is InChI=1S/C13H19NO4S/c1-8-6-10(12(15)18-13(3,4)5)7-11(9(8)2)19(14,16)17/h6-7H,1-5H3,(H2,14,16,17). The number of hydrogen-bond acceptors (Lipinski definition) is 4. The van der Waals surface area contributed by atoms with E-state index >= 15 is 0 Å². The molecule has 0 saturated heterocycles. The van der Waals surface area contributed by atoms with Gasteiger partial charge in [-0.2, -0.15) is 0 Å². The van der Waals surface area contributed by atoms with Crippen LogP contribution in [0.1, 0.15) is 42.3 Å². The highest BCUT2D eigenvalue weighted by Gasteiger charge is 2.21. The maximum absolute atomic E-state index is 11.9. The fourth-order valence-corrected chi connectivity index (χ4v) is 2.46. The van der Waals surface area contributed by atoms with E-state index < -0.39 is 21.6 Å². The molecular formula is C13H19NO4S. The number of primary sulfonamides is 1. The minimum atomic E-state index is -3.86. The largest absolute Gasteiger partial charge is 0.456 e. The van der Waals surface area contributed by atoms with Gasteiger partial charge in [0, 0.05) is 0 Å². The van der Waals surface area contributed by atoms with E-state index in [0.717, 1.165) is 0 Å². The highest BCUT2D eigenvalue weighted by molar-refractivity contribution is 7.89. The highest BCUT2D eigenvalue weighted by Crippen LogP contribution is 2.22. The van der Waals surface area contributed by atoms with E-state index in [-0.39, 0.29) is 10.5 Å². The summed E-state index contributed by atoms with van der Waals surface area (Å²) >= 11 is 0. The van der Waals surface area contributed by atoms with Crippen LogP contribution in [0.25, 0.3) is 0 Å². The van der Waals surface area contributed by atoms with Gasteiger partial charge in [-0.1, -0.05) is 0 Å². The zero-order valence-corrected chi connectivity index (χ0v) is 12.6. The summed E-state index contributed by atoms with van der Waals surface area (Å²) in [6, 6.07) is 2.85. The van der Waals surface area contributed by atoms with Crippen LogP contribution >= 0.6 is 0 Å². The molecule has 1 aromatic carbocycles. The van der Waals surface area contributed by atoms with E-state index in [1.165, 1.54) is 6.07 Å². The van der Waals surface area contributed by atoms with Crippen molar-refractivity contribution < 1.29 is 17.9 Å². The molecule has 2 N–H and O–H groups in total. The quantitative estimate of drug-likeness (QED) is 0.841. The molecule has 0 atom stereocenters. The maximum atomic E-state index is 11.9. The lowest BCUT2D eigenvalue weighted by atomic mass is 10.1. The third kappa shape index (κ3) is 4.04. The fraction of sp³-hybridized carbons (Fsp3) is 0.462. The van der Waals surface area contributed by atoms with Crippen LogP contribution in [0.15, 0.2) is 17.0 Å². The van der Waals surface area contributed by atoms with Crippen LogP contribution in [0.5, 0.6) is 0 Å². The van der Waals surface area contributed by atoms with Crippen molar-refractivity contribution in [3.8, 4) is 0 Å².